The van der Waals surface area contributed by atoms with Crippen molar-refractivity contribution in [2.75, 3.05) is 29.9 Å². The molecule has 1 unspecified atom stereocenters. The summed E-state index contributed by atoms with van der Waals surface area (Å²) in [6, 6.07) is 21.5. The number of carbonyl (C=O) groups excluding carboxylic acids is 1. The maximum atomic E-state index is 13.6. The summed E-state index contributed by atoms with van der Waals surface area (Å²) in [6.07, 6.45) is 3.64. The van der Waals surface area contributed by atoms with Gasteiger partial charge in [0.1, 0.15) is 12.0 Å². The highest BCUT2D eigenvalue weighted by Crippen LogP contribution is 2.41. The molecule has 38 heavy (non-hydrogen) atoms. The number of aliphatic hydroxyl groups excluding tert-OH is 1. The highest BCUT2D eigenvalue weighted by molar-refractivity contribution is 6.11. The molecule has 3 N–H and O–H groups in total. The number of likely N-dealkylation sites (tertiary alicyclic amines) is 1. The van der Waals surface area contributed by atoms with E-state index in [-0.39, 0.29) is 29.7 Å². The van der Waals surface area contributed by atoms with Gasteiger partial charge >= 0.3 is 0 Å². The van der Waals surface area contributed by atoms with Gasteiger partial charge in [-0.05, 0) is 68.0 Å². The van der Waals surface area contributed by atoms with Crippen LogP contribution in [0, 0.1) is 23.1 Å². The van der Waals surface area contributed by atoms with Crippen molar-refractivity contribution >= 4 is 23.0 Å². The van der Waals surface area contributed by atoms with E-state index in [2.05, 4.69) is 34.5 Å². The summed E-state index contributed by atoms with van der Waals surface area (Å²) in [6.45, 7) is 2.35. The molecule has 2 heterocycles. The normalized spacial score (nSPS) is 22.9. The van der Waals surface area contributed by atoms with Gasteiger partial charge in [-0.3, -0.25) is 10.2 Å². The van der Waals surface area contributed by atoms with E-state index in [1.807, 2.05) is 4.90 Å². The van der Waals surface area contributed by atoms with Crippen molar-refractivity contribution in [1.82, 2.24) is 4.90 Å². The first-order valence-corrected chi connectivity index (χ1v) is 13.5. The number of piperidine rings is 1. The van der Waals surface area contributed by atoms with Crippen LogP contribution in [0.15, 0.2) is 72.8 Å². The van der Waals surface area contributed by atoms with Gasteiger partial charge in [-0.15, -0.1) is 0 Å². The minimum absolute atomic E-state index is 0.00950. The summed E-state index contributed by atoms with van der Waals surface area (Å²) in [5, 5.41) is 21.9. The van der Waals surface area contributed by atoms with Gasteiger partial charge in [-0.1, -0.05) is 36.4 Å². The van der Waals surface area contributed by atoms with Crippen LogP contribution in [0.25, 0.3) is 0 Å². The molecule has 0 radical (unpaired) electrons. The van der Waals surface area contributed by atoms with Crippen molar-refractivity contribution in [3.63, 3.8) is 0 Å². The lowest BCUT2D eigenvalue weighted by Crippen LogP contribution is -2.50. The lowest BCUT2D eigenvalue weighted by molar-refractivity contribution is 0.0446. The number of fused-ring (bicyclic) bond motifs is 1. The Labute approximate surface area is 222 Å². The van der Waals surface area contributed by atoms with Gasteiger partial charge in [0, 0.05) is 42.2 Å². The molecule has 1 saturated carbocycles. The van der Waals surface area contributed by atoms with Gasteiger partial charge < -0.3 is 20.2 Å². The van der Waals surface area contributed by atoms with E-state index < -0.39 is 0 Å². The molecule has 0 spiro atoms. The Morgan fingerprint density at radius 2 is 1.66 bits per heavy atom. The first kappa shape index (κ1) is 24.6. The SMILES string of the molecule is N=C(c1ccc(C(=O)N2CCC(C3Nc4ccccc4N3CC3CC(O)C3)CC2)cc1)c1cccc(F)c1. The fraction of sp³-hybridized carbons (Fsp3) is 0.355. The molecule has 1 atom stereocenters. The lowest BCUT2D eigenvalue weighted by Gasteiger charge is -2.42. The van der Waals surface area contributed by atoms with E-state index in [4.69, 9.17) is 5.41 Å². The minimum Gasteiger partial charge on any atom is -0.393 e. The lowest BCUT2D eigenvalue weighted by atomic mass is 9.81. The molecule has 1 aliphatic carbocycles. The molecule has 2 aliphatic heterocycles. The van der Waals surface area contributed by atoms with Gasteiger partial charge in [0.25, 0.3) is 5.91 Å². The van der Waals surface area contributed by atoms with E-state index in [0.29, 0.717) is 41.6 Å². The Bertz CT molecular complexity index is 1330. The smallest absolute Gasteiger partial charge is 0.253 e. The molecule has 1 saturated heterocycles. The highest BCUT2D eigenvalue weighted by atomic mass is 19.1. The third kappa shape index (κ3) is 4.78. The Morgan fingerprint density at radius 3 is 2.37 bits per heavy atom. The van der Waals surface area contributed by atoms with Crippen molar-refractivity contribution in [3.05, 3.63) is 95.3 Å². The third-order valence-corrected chi connectivity index (χ3v) is 8.33. The number of aliphatic hydroxyl groups is 1. The Morgan fingerprint density at radius 1 is 0.947 bits per heavy atom. The predicted molar refractivity (Wildman–Crippen MR) is 147 cm³/mol. The number of anilines is 2. The highest BCUT2D eigenvalue weighted by Gasteiger charge is 2.39. The van der Waals surface area contributed by atoms with Crippen LogP contribution in [-0.2, 0) is 0 Å². The topological polar surface area (TPSA) is 79.7 Å². The largest absolute Gasteiger partial charge is 0.393 e. The molecular formula is C31H33FN4O2. The molecule has 6 nitrogen and oxygen atoms in total. The molecule has 0 bridgehead atoms. The first-order valence-electron chi connectivity index (χ1n) is 13.5. The van der Waals surface area contributed by atoms with Crippen molar-refractivity contribution < 1.29 is 14.3 Å². The van der Waals surface area contributed by atoms with E-state index >= 15 is 0 Å². The van der Waals surface area contributed by atoms with Gasteiger partial charge in [-0.2, -0.15) is 0 Å². The number of amides is 1. The zero-order chi connectivity index (χ0) is 26.2. The van der Waals surface area contributed by atoms with Crippen LogP contribution in [-0.4, -0.2) is 53.5 Å². The Balaban J connectivity index is 1.09. The summed E-state index contributed by atoms with van der Waals surface area (Å²) in [5.41, 5.74) is 4.40. The molecule has 0 aromatic heterocycles. The Kier molecular flexibility index (Phi) is 6.62. The fourth-order valence-electron chi connectivity index (χ4n) is 6.14. The van der Waals surface area contributed by atoms with E-state index in [1.165, 1.54) is 23.5 Å². The minimum atomic E-state index is -0.371. The number of hydrogen-bond donors (Lipinski definition) is 3. The Hall–Kier alpha value is -3.71. The number of carbonyl (C=O) groups is 1. The molecule has 3 aromatic rings. The van der Waals surface area contributed by atoms with Crippen LogP contribution >= 0.6 is 0 Å². The van der Waals surface area contributed by atoms with Crippen molar-refractivity contribution in [2.24, 2.45) is 11.8 Å². The average molecular weight is 513 g/mol. The van der Waals surface area contributed by atoms with Crippen LogP contribution in [0.1, 0.15) is 47.2 Å². The molecule has 7 heteroatoms. The van der Waals surface area contributed by atoms with Crippen LogP contribution in [0.2, 0.25) is 0 Å². The second-order valence-electron chi connectivity index (χ2n) is 10.8. The van der Waals surface area contributed by atoms with Crippen LogP contribution in [0.3, 0.4) is 0 Å². The van der Waals surface area contributed by atoms with Crippen LogP contribution in [0.5, 0.6) is 0 Å². The molecule has 1 amide bonds. The number of hydrogen-bond acceptors (Lipinski definition) is 5. The second-order valence-corrected chi connectivity index (χ2v) is 10.8. The summed E-state index contributed by atoms with van der Waals surface area (Å²) in [5.74, 6) is 0.581. The first-order chi connectivity index (χ1) is 18.5. The number of benzene rings is 3. The summed E-state index contributed by atoms with van der Waals surface area (Å²) >= 11 is 0. The molecule has 3 aromatic carbocycles. The average Bonchev–Trinajstić information content (AvgIpc) is 3.30. The van der Waals surface area contributed by atoms with Crippen LogP contribution < -0.4 is 10.2 Å². The molecule has 6 rings (SSSR count). The second kappa shape index (κ2) is 10.2. The van der Waals surface area contributed by atoms with Gasteiger partial charge in [0.2, 0.25) is 0 Å². The monoisotopic (exact) mass is 512 g/mol. The summed E-state index contributed by atoms with van der Waals surface area (Å²) < 4.78 is 13.6. The van der Waals surface area contributed by atoms with Crippen molar-refractivity contribution in [3.8, 4) is 0 Å². The maximum absolute atomic E-state index is 13.6. The van der Waals surface area contributed by atoms with Crippen molar-refractivity contribution in [1.29, 1.82) is 5.41 Å². The van der Waals surface area contributed by atoms with Gasteiger partial charge in [0.05, 0.1) is 23.2 Å². The zero-order valence-corrected chi connectivity index (χ0v) is 21.3. The van der Waals surface area contributed by atoms with Gasteiger partial charge in [0.15, 0.2) is 0 Å². The predicted octanol–water partition coefficient (Wildman–Crippen LogP) is 5.12. The quantitative estimate of drug-likeness (QED) is 0.401. The standard InChI is InChI=1S/C31H33FN4O2/c32-25-5-3-4-24(18-25)29(33)21-8-10-23(11-9-21)31(38)35-14-12-22(13-15-35)30-34-27-6-1-2-7-28(27)36(30)19-20-16-26(37)17-20/h1-11,18,20,22,26,30,33-34,37H,12-17,19H2. The number of nitrogens with zero attached hydrogens (tertiary/aromatic N) is 2. The zero-order valence-electron chi connectivity index (χ0n) is 21.3. The van der Waals surface area contributed by atoms with E-state index in [1.54, 1.807) is 36.4 Å². The third-order valence-electron chi connectivity index (χ3n) is 8.33. The van der Waals surface area contributed by atoms with E-state index in [9.17, 15) is 14.3 Å². The van der Waals surface area contributed by atoms with E-state index in [0.717, 1.165) is 32.2 Å². The van der Waals surface area contributed by atoms with Crippen LogP contribution in [0.4, 0.5) is 15.8 Å². The summed E-state index contributed by atoms with van der Waals surface area (Å²) in [4.78, 5) is 17.7. The summed E-state index contributed by atoms with van der Waals surface area (Å²) in [7, 11) is 0. The molecule has 196 valence electrons. The molecular weight excluding hydrogens is 479 g/mol. The fourth-order valence-corrected chi connectivity index (χ4v) is 6.14. The number of halogens is 1. The molecule has 2 fully saturated rings. The number of nitrogens with one attached hydrogen (secondary N) is 2. The molecule has 3 aliphatic rings. The van der Waals surface area contributed by atoms with Crippen molar-refractivity contribution in [2.45, 2.75) is 38.0 Å². The van der Waals surface area contributed by atoms with Gasteiger partial charge in [-0.25, -0.2) is 4.39 Å². The number of para-hydroxylation sites is 2. The number of rotatable bonds is 6. The maximum Gasteiger partial charge on any atom is 0.253 e.